The summed E-state index contributed by atoms with van der Waals surface area (Å²) in [7, 11) is 0.0893. The number of anilines is 1. The van der Waals surface area contributed by atoms with Crippen LogP contribution in [0.1, 0.15) is 25.7 Å². The second kappa shape index (κ2) is 12.3. The molecular weight excluding hydrogens is 522 g/mol. The number of hydrogen-bond donors (Lipinski definition) is 2. The van der Waals surface area contributed by atoms with Crippen LogP contribution in [0.5, 0.6) is 0 Å². The molecule has 0 atom stereocenters. The highest BCUT2D eigenvalue weighted by molar-refractivity contribution is 6.76. The monoisotopic (exact) mass is 557 g/mol. The molecule has 11 heteroatoms. The molecule has 0 aliphatic heterocycles. The number of amides is 1. The van der Waals surface area contributed by atoms with Gasteiger partial charge in [-0.05, 0) is 43.9 Å². The third-order valence-electron chi connectivity index (χ3n) is 6.78. The highest BCUT2D eigenvalue weighted by atomic mass is 35.5. The molecule has 2 heterocycles. The van der Waals surface area contributed by atoms with Crippen molar-refractivity contribution in [1.82, 2.24) is 19.9 Å². The predicted molar refractivity (Wildman–Crippen MR) is 154 cm³/mol. The average molecular weight is 558 g/mol. The Morgan fingerprint density at radius 2 is 1.84 bits per heavy atom. The summed E-state index contributed by atoms with van der Waals surface area (Å²) in [5.41, 5.74) is 1.45. The fraction of sp³-hybridized carbons (Fsp3) is 0.481. The minimum atomic E-state index is -1.28. The lowest BCUT2D eigenvalue weighted by Gasteiger charge is -2.29. The topological polar surface area (TPSA) is 107 Å². The van der Waals surface area contributed by atoms with Gasteiger partial charge in [-0.3, -0.25) is 9.36 Å². The van der Waals surface area contributed by atoms with Crippen LogP contribution < -0.4 is 16.2 Å². The molecule has 1 aromatic carbocycles. The van der Waals surface area contributed by atoms with E-state index in [1.165, 1.54) is 7.11 Å². The number of pyridine rings is 1. The maximum atomic E-state index is 13.7. The third-order valence-corrected chi connectivity index (χ3v) is 8.81. The Kier molecular flexibility index (Phi) is 9.06. The van der Waals surface area contributed by atoms with Crippen LogP contribution in [-0.2, 0) is 16.2 Å². The van der Waals surface area contributed by atoms with E-state index in [2.05, 4.69) is 35.3 Å². The number of benzene rings is 1. The Morgan fingerprint density at radius 1 is 1.13 bits per heavy atom. The molecule has 38 heavy (non-hydrogen) atoms. The van der Waals surface area contributed by atoms with Crippen LogP contribution in [0.15, 0.2) is 41.3 Å². The second-order valence-corrected chi connectivity index (χ2v) is 16.9. The minimum Gasteiger partial charge on any atom is -0.453 e. The van der Waals surface area contributed by atoms with Crippen molar-refractivity contribution in [1.29, 1.82) is 0 Å². The van der Waals surface area contributed by atoms with Gasteiger partial charge in [0.25, 0.3) is 5.56 Å². The van der Waals surface area contributed by atoms with Crippen molar-refractivity contribution >= 4 is 42.7 Å². The zero-order valence-electron chi connectivity index (χ0n) is 22.4. The summed E-state index contributed by atoms with van der Waals surface area (Å²) in [6.07, 6.45) is 4.70. The molecule has 1 aliphatic rings. The molecule has 0 unspecified atom stereocenters. The van der Waals surface area contributed by atoms with E-state index in [9.17, 15) is 9.59 Å². The first kappa shape index (κ1) is 28.1. The molecule has 1 amide bonds. The summed E-state index contributed by atoms with van der Waals surface area (Å²) in [6.45, 7) is 7.55. The lowest BCUT2D eigenvalue weighted by Crippen LogP contribution is -2.40. The lowest BCUT2D eigenvalue weighted by molar-refractivity contribution is 0.0876. The smallest absolute Gasteiger partial charge is 0.407 e. The normalized spacial score (nSPS) is 17.8. The van der Waals surface area contributed by atoms with E-state index in [1.807, 2.05) is 18.2 Å². The zero-order chi connectivity index (χ0) is 27.3. The summed E-state index contributed by atoms with van der Waals surface area (Å²) < 4.78 is 12.3. The molecule has 3 aromatic rings. The van der Waals surface area contributed by atoms with Gasteiger partial charge in [0.05, 0.1) is 7.11 Å². The number of alkyl carbamates (subject to hydrolysis) is 1. The number of hydrogen-bond acceptors (Lipinski definition) is 7. The van der Waals surface area contributed by atoms with E-state index in [0.717, 1.165) is 37.1 Å². The van der Waals surface area contributed by atoms with Crippen LogP contribution in [0.4, 0.5) is 10.7 Å². The van der Waals surface area contributed by atoms with E-state index in [4.69, 9.17) is 26.1 Å². The molecule has 204 valence electrons. The van der Waals surface area contributed by atoms with Gasteiger partial charge < -0.3 is 20.1 Å². The van der Waals surface area contributed by atoms with Crippen molar-refractivity contribution in [2.24, 2.45) is 0 Å². The summed E-state index contributed by atoms with van der Waals surface area (Å²) in [5.74, 6) is 0.461. The van der Waals surface area contributed by atoms with E-state index in [-0.39, 0.29) is 24.4 Å². The second-order valence-electron chi connectivity index (χ2n) is 10.9. The number of nitrogens with zero attached hydrogens (tertiary/aromatic N) is 3. The molecule has 0 spiro atoms. The molecule has 0 saturated heterocycles. The average Bonchev–Trinajstić information content (AvgIpc) is 2.88. The largest absolute Gasteiger partial charge is 0.453 e. The van der Waals surface area contributed by atoms with E-state index < -0.39 is 14.2 Å². The van der Waals surface area contributed by atoms with Crippen LogP contribution in [0.2, 0.25) is 30.7 Å². The summed E-state index contributed by atoms with van der Waals surface area (Å²) in [6, 6.07) is 10.4. The Bertz CT molecular complexity index is 1340. The lowest BCUT2D eigenvalue weighted by atomic mass is 9.91. The molecule has 1 aliphatic carbocycles. The molecule has 0 radical (unpaired) electrons. The number of fused-ring (bicyclic) bond motifs is 1. The fourth-order valence-corrected chi connectivity index (χ4v) is 5.54. The fourth-order valence-electron chi connectivity index (χ4n) is 4.55. The summed E-state index contributed by atoms with van der Waals surface area (Å²) in [5, 5.41) is 7.51. The summed E-state index contributed by atoms with van der Waals surface area (Å²) in [4.78, 5) is 34.5. The number of methoxy groups -OCH3 is 1. The number of carbonyl (C=O) groups is 1. The third kappa shape index (κ3) is 7.12. The maximum absolute atomic E-state index is 13.7. The van der Waals surface area contributed by atoms with Crippen molar-refractivity contribution < 1.29 is 14.3 Å². The first-order valence-corrected chi connectivity index (χ1v) is 17.1. The first-order chi connectivity index (χ1) is 18.1. The Hall–Kier alpha value is -2.95. The van der Waals surface area contributed by atoms with E-state index in [0.29, 0.717) is 34.4 Å². The van der Waals surface area contributed by atoms with Crippen molar-refractivity contribution in [3.63, 3.8) is 0 Å². The van der Waals surface area contributed by atoms with Gasteiger partial charge in [0.1, 0.15) is 12.4 Å². The number of nitrogens with one attached hydrogen (secondary N) is 2. The van der Waals surface area contributed by atoms with Crippen LogP contribution >= 0.6 is 11.6 Å². The molecule has 0 bridgehead atoms. The van der Waals surface area contributed by atoms with Crippen molar-refractivity contribution in [2.45, 2.75) is 70.2 Å². The number of aromatic nitrogens is 3. The maximum Gasteiger partial charge on any atom is 0.407 e. The van der Waals surface area contributed by atoms with E-state index >= 15 is 0 Å². The number of halogens is 1. The Morgan fingerprint density at radius 3 is 2.53 bits per heavy atom. The molecule has 2 aromatic heterocycles. The first-order valence-electron chi connectivity index (χ1n) is 13.0. The standard InChI is InChI=1S/C27H36ClN5O4Si/c1-36-27(35)31-20-11-9-19(10-12-20)30-26-29-16-18-15-22(21-7-5-6-8-23(21)28)25(34)33(24(18)32-26)17-37-13-14-38(2,3)4/h5-8,15-16,19-20H,9-14,17H2,1-4H3,(H,31,35)(H,29,30,32). The molecule has 1 saturated carbocycles. The number of carbonyl (C=O) groups excluding carboxylic acids is 1. The van der Waals surface area contributed by atoms with Crippen molar-refractivity contribution in [2.75, 3.05) is 19.0 Å². The number of rotatable bonds is 9. The zero-order valence-corrected chi connectivity index (χ0v) is 24.2. The van der Waals surface area contributed by atoms with Crippen LogP contribution in [0.25, 0.3) is 22.2 Å². The van der Waals surface area contributed by atoms with Gasteiger partial charge >= 0.3 is 6.09 Å². The SMILES string of the molecule is COC(=O)NC1CCC(Nc2ncc3cc(-c4ccccc4Cl)c(=O)n(COCC[Si](C)(C)C)c3n2)CC1. The van der Waals surface area contributed by atoms with Gasteiger partial charge in [-0.15, -0.1) is 0 Å². The summed E-state index contributed by atoms with van der Waals surface area (Å²) >= 11 is 6.45. The quantitative estimate of drug-likeness (QED) is 0.264. The molecule has 9 nitrogen and oxygen atoms in total. The van der Waals surface area contributed by atoms with E-state index in [1.54, 1.807) is 22.9 Å². The predicted octanol–water partition coefficient (Wildman–Crippen LogP) is 5.50. The Balaban J connectivity index is 1.59. The van der Waals surface area contributed by atoms with Crippen LogP contribution in [0.3, 0.4) is 0 Å². The highest BCUT2D eigenvalue weighted by Crippen LogP contribution is 2.28. The molecule has 2 N–H and O–H groups in total. The molecule has 1 fully saturated rings. The molecule has 4 rings (SSSR count). The number of ether oxygens (including phenoxy) is 2. The van der Waals surface area contributed by atoms with Crippen LogP contribution in [0, 0.1) is 0 Å². The van der Waals surface area contributed by atoms with Gasteiger partial charge in [0, 0.05) is 54.5 Å². The van der Waals surface area contributed by atoms with Gasteiger partial charge in [-0.1, -0.05) is 49.4 Å². The van der Waals surface area contributed by atoms with Gasteiger partial charge in [0.2, 0.25) is 5.95 Å². The van der Waals surface area contributed by atoms with Crippen LogP contribution in [-0.4, -0.2) is 54.5 Å². The van der Waals surface area contributed by atoms with Gasteiger partial charge in [-0.2, -0.15) is 4.98 Å². The molecular formula is C27H36ClN5O4Si. The van der Waals surface area contributed by atoms with Gasteiger partial charge in [-0.25, -0.2) is 9.78 Å². The minimum absolute atomic E-state index is 0.0961. The van der Waals surface area contributed by atoms with Crippen molar-refractivity contribution in [3.05, 3.63) is 51.9 Å². The highest BCUT2D eigenvalue weighted by Gasteiger charge is 2.24. The van der Waals surface area contributed by atoms with Gasteiger partial charge in [0.15, 0.2) is 0 Å². The van der Waals surface area contributed by atoms with Crippen molar-refractivity contribution in [3.8, 4) is 11.1 Å². The Labute approximate surface area is 228 Å².